The SMILES string of the molecule is CC1(C)C=Cc2c(ccc3c4c([nH]c23)C(C)(C)[C@@H]2C[C@]35CCCN3C(=O)C2(NC5=O)[C@H]4O)O1. The summed E-state index contributed by atoms with van der Waals surface area (Å²) in [6.45, 7) is 8.89. The van der Waals surface area contributed by atoms with Gasteiger partial charge in [0.1, 0.15) is 23.0 Å². The van der Waals surface area contributed by atoms with E-state index < -0.39 is 22.6 Å². The van der Waals surface area contributed by atoms with Gasteiger partial charge in [0.05, 0.1) is 5.52 Å². The molecule has 1 unspecified atom stereocenters. The smallest absolute Gasteiger partial charge is 0.252 e. The fourth-order valence-electron chi connectivity index (χ4n) is 7.57. The van der Waals surface area contributed by atoms with Gasteiger partial charge in [-0.1, -0.05) is 13.8 Å². The standard InChI is InChI=1S/C26H29N3O4/c1-23(2)10-8-13-15(33-23)7-6-14-17-19(27-18(13)14)24(3,4)16-12-25-9-5-11-29(25)22(32)26(16,20(17)30)28-21(25)31/h6-8,10,16,20,27,30H,5,9,11-12H2,1-4H3,(H,28,31)/t16-,20-,25-,26?/m0/s1. The average Bonchev–Trinajstić information content (AvgIpc) is 3.36. The van der Waals surface area contributed by atoms with Crippen molar-refractivity contribution in [1.82, 2.24) is 15.2 Å². The van der Waals surface area contributed by atoms with Crippen LogP contribution in [0.15, 0.2) is 18.2 Å². The predicted octanol–water partition coefficient (Wildman–Crippen LogP) is 2.93. The van der Waals surface area contributed by atoms with Crippen LogP contribution in [-0.2, 0) is 15.0 Å². The van der Waals surface area contributed by atoms with Crippen LogP contribution < -0.4 is 10.1 Å². The van der Waals surface area contributed by atoms with Crippen molar-refractivity contribution >= 4 is 28.8 Å². The lowest BCUT2D eigenvalue weighted by molar-refractivity contribution is -0.191. The number of aromatic amines is 1. The number of aliphatic hydroxyl groups excluding tert-OH is 1. The van der Waals surface area contributed by atoms with Gasteiger partial charge in [0.25, 0.3) is 5.91 Å². The summed E-state index contributed by atoms with van der Waals surface area (Å²) in [7, 11) is 0. The molecule has 4 saturated heterocycles. The molecular weight excluding hydrogens is 418 g/mol. The summed E-state index contributed by atoms with van der Waals surface area (Å²) in [4.78, 5) is 32.7. The molecule has 7 heteroatoms. The van der Waals surface area contributed by atoms with E-state index in [-0.39, 0.29) is 23.3 Å². The van der Waals surface area contributed by atoms with Gasteiger partial charge >= 0.3 is 0 Å². The molecular formula is C26H29N3O4. The molecule has 2 bridgehead atoms. The number of hydrogen-bond donors (Lipinski definition) is 3. The van der Waals surface area contributed by atoms with Gasteiger partial charge in [0, 0.05) is 40.1 Å². The number of amides is 2. The van der Waals surface area contributed by atoms with Crippen molar-refractivity contribution in [3.05, 3.63) is 35.0 Å². The number of benzene rings is 1. The van der Waals surface area contributed by atoms with Crippen molar-refractivity contribution in [3.8, 4) is 5.75 Å². The van der Waals surface area contributed by atoms with E-state index in [4.69, 9.17) is 4.74 Å². The van der Waals surface area contributed by atoms with Crippen molar-refractivity contribution in [2.45, 2.75) is 75.2 Å². The van der Waals surface area contributed by atoms with Crippen molar-refractivity contribution in [1.29, 1.82) is 0 Å². The van der Waals surface area contributed by atoms with Crippen LogP contribution in [0.3, 0.4) is 0 Å². The van der Waals surface area contributed by atoms with E-state index in [1.807, 2.05) is 32.1 Å². The van der Waals surface area contributed by atoms with Crippen molar-refractivity contribution in [2.75, 3.05) is 6.54 Å². The summed E-state index contributed by atoms with van der Waals surface area (Å²) in [5, 5.41) is 15.9. The zero-order chi connectivity index (χ0) is 23.1. The third kappa shape index (κ3) is 1.99. The monoisotopic (exact) mass is 447 g/mol. The number of fused-ring (bicyclic) bond motifs is 6. The Morgan fingerprint density at radius 2 is 1.97 bits per heavy atom. The Hall–Kier alpha value is -2.80. The number of carbonyl (C=O) groups is 2. The molecule has 0 radical (unpaired) electrons. The average molecular weight is 448 g/mol. The first-order valence-electron chi connectivity index (χ1n) is 11.9. The predicted molar refractivity (Wildman–Crippen MR) is 123 cm³/mol. The van der Waals surface area contributed by atoms with Crippen LogP contribution >= 0.6 is 0 Å². The van der Waals surface area contributed by atoms with Crippen molar-refractivity contribution < 1.29 is 19.4 Å². The first-order chi connectivity index (χ1) is 15.5. The molecule has 2 amide bonds. The minimum Gasteiger partial charge on any atom is -0.483 e. The van der Waals surface area contributed by atoms with Crippen molar-refractivity contribution in [3.63, 3.8) is 0 Å². The number of aromatic nitrogens is 1. The molecule has 2 aromatic rings. The number of rotatable bonds is 0. The van der Waals surface area contributed by atoms with Gasteiger partial charge in [-0.2, -0.15) is 0 Å². The quantitative estimate of drug-likeness (QED) is 0.579. The maximum atomic E-state index is 13.9. The van der Waals surface area contributed by atoms with Crippen LogP contribution in [0.4, 0.5) is 0 Å². The molecule has 4 fully saturated rings. The third-order valence-corrected chi connectivity index (χ3v) is 9.18. The van der Waals surface area contributed by atoms with Gasteiger partial charge < -0.3 is 25.0 Å². The maximum Gasteiger partial charge on any atom is 0.252 e. The van der Waals surface area contributed by atoms with E-state index in [1.165, 1.54) is 0 Å². The topological polar surface area (TPSA) is 94.7 Å². The zero-order valence-corrected chi connectivity index (χ0v) is 19.4. The Labute approximate surface area is 192 Å². The normalized spacial score (nSPS) is 36.7. The first-order valence-corrected chi connectivity index (χ1v) is 11.9. The molecule has 1 aromatic carbocycles. The highest BCUT2D eigenvalue weighted by Gasteiger charge is 2.75. The van der Waals surface area contributed by atoms with Gasteiger partial charge in [0.15, 0.2) is 5.54 Å². The van der Waals surface area contributed by atoms with Crippen LogP contribution in [0.5, 0.6) is 5.75 Å². The van der Waals surface area contributed by atoms with E-state index in [0.29, 0.717) is 19.4 Å². The Kier molecular flexibility index (Phi) is 3.25. The summed E-state index contributed by atoms with van der Waals surface area (Å²) >= 11 is 0. The number of aliphatic hydroxyl groups is 1. The summed E-state index contributed by atoms with van der Waals surface area (Å²) in [6, 6.07) is 3.90. The number of nitrogens with zero attached hydrogens (tertiary/aromatic N) is 1. The van der Waals surface area contributed by atoms with Crippen LogP contribution in [0, 0.1) is 5.92 Å². The highest BCUT2D eigenvalue weighted by Crippen LogP contribution is 2.62. The fourth-order valence-corrected chi connectivity index (χ4v) is 7.57. The van der Waals surface area contributed by atoms with Crippen LogP contribution in [-0.4, -0.2) is 50.0 Å². The maximum absolute atomic E-state index is 13.9. The lowest BCUT2D eigenvalue weighted by Gasteiger charge is -2.65. The molecule has 6 aliphatic rings. The van der Waals surface area contributed by atoms with Gasteiger partial charge in [-0.25, -0.2) is 0 Å². The van der Waals surface area contributed by atoms with Gasteiger partial charge in [0.2, 0.25) is 5.91 Å². The van der Waals surface area contributed by atoms with Gasteiger partial charge in [-0.3, -0.25) is 9.59 Å². The second-order valence-electron chi connectivity index (χ2n) is 11.6. The zero-order valence-electron chi connectivity index (χ0n) is 19.4. The fraction of sp³-hybridized carbons (Fsp3) is 0.538. The molecule has 7 nitrogen and oxygen atoms in total. The van der Waals surface area contributed by atoms with Crippen LogP contribution in [0.25, 0.3) is 17.0 Å². The van der Waals surface area contributed by atoms with E-state index >= 15 is 0 Å². The Morgan fingerprint density at radius 3 is 2.76 bits per heavy atom. The molecule has 3 N–H and O–H groups in total. The molecule has 1 aromatic heterocycles. The molecule has 6 heterocycles. The minimum atomic E-state index is -1.33. The molecule has 8 rings (SSSR count). The Balaban J connectivity index is 1.50. The molecule has 2 spiro atoms. The molecule has 4 atom stereocenters. The number of nitrogens with one attached hydrogen (secondary N) is 2. The number of hydrogen-bond acceptors (Lipinski definition) is 4. The van der Waals surface area contributed by atoms with Crippen LogP contribution in [0.2, 0.25) is 0 Å². The summed E-state index contributed by atoms with van der Waals surface area (Å²) < 4.78 is 6.17. The van der Waals surface area contributed by atoms with Crippen molar-refractivity contribution in [2.24, 2.45) is 5.92 Å². The van der Waals surface area contributed by atoms with Crippen LogP contribution in [0.1, 0.15) is 69.9 Å². The van der Waals surface area contributed by atoms with Gasteiger partial charge in [-0.15, -0.1) is 0 Å². The molecule has 5 aliphatic heterocycles. The Morgan fingerprint density at radius 1 is 1.18 bits per heavy atom. The number of piperidine rings is 2. The van der Waals surface area contributed by atoms with E-state index in [2.05, 4.69) is 30.2 Å². The number of carbonyl (C=O) groups excluding carboxylic acids is 2. The highest BCUT2D eigenvalue weighted by atomic mass is 16.5. The lowest BCUT2D eigenvalue weighted by Crippen LogP contribution is -2.85. The van der Waals surface area contributed by atoms with E-state index in [1.54, 1.807) is 4.90 Å². The number of H-pyrrole nitrogens is 1. The third-order valence-electron chi connectivity index (χ3n) is 9.18. The largest absolute Gasteiger partial charge is 0.483 e. The highest BCUT2D eigenvalue weighted by molar-refractivity contribution is 6.07. The minimum absolute atomic E-state index is 0.107. The molecule has 0 saturated carbocycles. The summed E-state index contributed by atoms with van der Waals surface area (Å²) in [6.07, 6.45) is 5.07. The van der Waals surface area contributed by atoms with Gasteiger partial charge in [-0.05, 0) is 57.4 Å². The summed E-state index contributed by atoms with van der Waals surface area (Å²) in [5.74, 6) is 0.354. The molecule has 172 valence electrons. The number of ether oxygens (including phenoxy) is 1. The molecule has 1 aliphatic carbocycles. The lowest BCUT2D eigenvalue weighted by atomic mass is 9.50. The second-order valence-corrected chi connectivity index (χ2v) is 11.6. The second kappa shape index (κ2) is 5.46. The van der Waals surface area contributed by atoms with E-state index in [9.17, 15) is 14.7 Å². The Bertz CT molecular complexity index is 1320. The first kappa shape index (κ1) is 19.6. The molecule has 33 heavy (non-hydrogen) atoms. The summed E-state index contributed by atoms with van der Waals surface area (Å²) in [5.41, 5.74) is 0.564. The van der Waals surface area contributed by atoms with E-state index in [0.717, 1.165) is 39.9 Å². The number of piperazine rings is 1.